The molecule has 0 heterocycles. The first-order valence-electron chi connectivity index (χ1n) is 3.58. The second kappa shape index (κ2) is 4.04. The Balaban J connectivity index is 2.39. The van der Waals surface area contributed by atoms with Crippen LogP contribution in [0.4, 0.5) is 0 Å². The predicted octanol–water partition coefficient (Wildman–Crippen LogP) is 1.64. The zero-order valence-electron chi connectivity index (χ0n) is 6.01. The molecule has 0 atom stereocenters. The molecule has 0 aromatic heterocycles. The molecule has 11 heavy (non-hydrogen) atoms. The molecule has 0 spiro atoms. The van der Waals surface area contributed by atoms with Gasteiger partial charge in [-0.1, -0.05) is 0 Å². The van der Waals surface area contributed by atoms with Crippen molar-refractivity contribution < 1.29 is 12.7 Å². The van der Waals surface area contributed by atoms with Crippen LogP contribution in [-0.4, -0.2) is 11.8 Å². The second-order valence-electron chi connectivity index (χ2n) is 2.71. The first kappa shape index (κ1) is 8.96. The van der Waals surface area contributed by atoms with Crippen LogP contribution in [0.15, 0.2) is 0 Å². The summed E-state index contributed by atoms with van der Waals surface area (Å²) in [5.74, 6) is 0.0465. The Labute approximate surface area is 79.2 Å². The van der Waals surface area contributed by atoms with Crippen LogP contribution in [-0.2, 0) is 12.7 Å². The summed E-state index contributed by atoms with van der Waals surface area (Å²) >= 11 is 1.59. The number of Topliss-reactive ketones (excluding diaryl/α,β-unsaturated/α-hetero) is 1. The van der Waals surface area contributed by atoms with Gasteiger partial charge in [0.25, 0.3) is 0 Å². The lowest BCUT2D eigenvalue weighted by Gasteiger charge is -2.16. The molecule has 0 amide bonds. The molecular weight excluding hydrogens is 259 g/mol. The molecule has 62 valence electrons. The number of halogens is 1. The Morgan fingerprint density at radius 2 is 2.00 bits per heavy atom. The van der Waals surface area contributed by atoms with Crippen molar-refractivity contribution in [1.29, 1.82) is 0 Å². The highest BCUT2D eigenvalue weighted by molar-refractivity contribution is 14.1. The van der Waals surface area contributed by atoms with Crippen molar-refractivity contribution in [3.8, 4) is 0 Å². The molecule has 0 unspecified atom stereocenters. The van der Waals surface area contributed by atoms with Crippen molar-refractivity contribution >= 4 is 34.8 Å². The normalized spacial score (nSPS) is 19.9. The molecule has 0 radical (unpaired) electrons. The third kappa shape index (κ3) is 2.43. The Morgan fingerprint density at radius 1 is 1.45 bits per heavy atom. The second-order valence-corrected chi connectivity index (χ2v) is 3.15. The minimum absolute atomic E-state index is 0.0374. The number of rotatable bonds is 1. The minimum atomic E-state index is -0.182. The van der Waals surface area contributed by atoms with Gasteiger partial charge in [0.2, 0.25) is 0 Å². The fourth-order valence-electron chi connectivity index (χ4n) is 1.24. The van der Waals surface area contributed by atoms with Crippen LogP contribution in [0.5, 0.6) is 0 Å². The lowest BCUT2D eigenvalue weighted by molar-refractivity contribution is -0.137. The van der Waals surface area contributed by atoms with Crippen molar-refractivity contribution in [2.24, 2.45) is 5.92 Å². The van der Waals surface area contributed by atoms with Crippen LogP contribution in [0, 0.1) is 5.92 Å². The molecule has 0 aromatic rings. The first-order valence-corrected chi connectivity index (χ1v) is 4.46. The summed E-state index contributed by atoms with van der Waals surface area (Å²) in [5.41, 5.74) is 0. The van der Waals surface area contributed by atoms with E-state index in [1.807, 2.05) is 0 Å². The third-order valence-corrected chi connectivity index (χ3v) is 2.39. The number of hydrogen-bond acceptors (Lipinski definition) is 3. The van der Waals surface area contributed by atoms with Crippen molar-refractivity contribution in [1.82, 2.24) is 0 Å². The largest absolute Gasteiger partial charge is 0.394 e. The maximum Gasteiger partial charge on any atom is 0.318 e. The van der Waals surface area contributed by atoms with E-state index in [1.54, 1.807) is 23.0 Å². The van der Waals surface area contributed by atoms with Crippen molar-refractivity contribution in [2.75, 3.05) is 0 Å². The SMILES string of the molecule is O=C1CCC(C(=O)OI)CC1. The maximum absolute atomic E-state index is 10.9. The smallest absolute Gasteiger partial charge is 0.318 e. The molecular formula is C7H9IO3. The molecule has 0 aliphatic heterocycles. The minimum Gasteiger partial charge on any atom is -0.394 e. The van der Waals surface area contributed by atoms with Crippen LogP contribution in [0.2, 0.25) is 0 Å². The quantitative estimate of drug-likeness (QED) is 0.679. The maximum atomic E-state index is 10.9. The summed E-state index contributed by atoms with van der Waals surface area (Å²) < 4.78 is 4.54. The van der Waals surface area contributed by atoms with E-state index in [2.05, 4.69) is 3.07 Å². The summed E-state index contributed by atoms with van der Waals surface area (Å²) in [7, 11) is 0. The molecule has 0 saturated heterocycles. The molecule has 0 aromatic carbocycles. The Kier molecular flexibility index (Phi) is 3.29. The highest BCUT2D eigenvalue weighted by atomic mass is 127. The van der Waals surface area contributed by atoms with Gasteiger partial charge in [-0.05, 0) is 12.8 Å². The van der Waals surface area contributed by atoms with E-state index < -0.39 is 0 Å². The van der Waals surface area contributed by atoms with E-state index in [4.69, 9.17) is 0 Å². The van der Waals surface area contributed by atoms with Gasteiger partial charge in [-0.15, -0.1) is 0 Å². The van der Waals surface area contributed by atoms with E-state index in [1.165, 1.54) is 0 Å². The van der Waals surface area contributed by atoms with Gasteiger partial charge < -0.3 is 3.07 Å². The molecule has 0 bridgehead atoms. The number of carbonyl (C=O) groups is 2. The third-order valence-electron chi connectivity index (χ3n) is 1.95. The van der Waals surface area contributed by atoms with E-state index in [-0.39, 0.29) is 17.7 Å². The van der Waals surface area contributed by atoms with Gasteiger partial charge in [-0.3, -0.25) is 9.59 Å². The van der Waals surface area contributed by atoms with E-state index in [0.717, 1.165) is 0 Å². The molecule has 1 aliphatic carbocycles. The van der Waals surface area contributed by atoms with E-state index >= 15 is 0 Å². The van der Waals surface area contributed by atoms with Crippen LogP contribution in [0.3, 0.4) is 0 Å². The van der Waals surface area contributed by atoms with Crippen LogP contribution in [0.25, 0.3) is 0 Å². The van der Waals surface area contributed by atoms with Crippen molar-refractivity contribution in [3.05, 3.63) is 0 Å². The molecule has 1 saturated carbocycles. The predicted molar refractivity (Wildman–Crippen MR) is 47.1 cm³/mol. The zero-order chi connectivity index (χ0) is 8.27. The van der Waals surface area contributed by atoms with Gasteiger partial charge in [-0.2, -0.15) is 0 Å². The standard InChI is InChI=1S/C7H9IO3/c8-11-7(10)5-1-3-6(9)4-2-5/h5H,1-4H2. The van der Waals surface area contributed by atoms with Crippen LogP contribution in [0.1, 0.15) is 25.7 Å². The molecule has 1 rings (SSSR count). The summed E-state index contributed by atoms with van der Waals surface area (Å²) in [6, 6.07) is 0. The van der Waals surface area contributed by atoms with Gasteiger partial charge >= 0.3 is 5.97 Å². The molecule has 1 fully saturated rings. The van der Waals surface area contributed by atoms with Crippen molar-refractivity contribution in [2.45, 2.75) is 25.7 Å². The highest BCUT2D eigenvalue weighted by Crippen LogP contribution is 2.23. The Morgan fingerprint density at radius 3 is 2.45 bits per heavy atom. The zero-order valence-corrected chi connectivity index (χ0v) is 8.17. The average molecular weight is 268 g/mol. The first-order chi connectivity index (χ1) is 5.24. The molecule has 0 N–H and O–H groups in total. The fourth-order valence-corrected chi connectivity index (χ4v) is 1.60. The highest BCUT2D eigenvalue weighted by Gasteiger charge is 2.25. The number of ketones is 1. The topological polar surface area (TPSA) is 43.4 Å². The Hall–Kier alpha value is -0.130. The van der Waals surface area contributed by atoms with E-state index in [0.29, 0.717) is 25.7 Å². The fraction of sp³-hybridized carbons (Fsp3) is 0.714. The van der Waals surface area contributed by atoms with Gasteiger partial charge in [0.1, 0.15) is 5.78 Å². The van der Waals surface area contributed by atoms with Crippen molar-refractivity contribution in [3.63, 3.8) is 0 Å². The molecule has 1 aliphatic rings. The summed E-state index contributed by atoms with van der Waals surface area (Å²) in [6.07, 6.45) is 2.41. The lowest BCUT2D eigenvalue weighted by Crippen LogP contribution is -2.21. The monoisotopic (exact) mass is 268 g/mol. The van der Waals surface area contributed by atoms with Gasteiger partial charge in [-0.25, -0.2) is 0 Å². The summed E-state index contributed by atoms with van der Waals surface area (Å²) in [6.45, 7) is 0. The number of carbonyl (C=O) groups excluding carboxylic acids is 2. The van der Waals surface area contributed by atoms with Gasteiger partial charge in [0.15, 0.2) is 23.0 Å². The van der Waals surface area contributed by atoms with Crippen LogP contribution < -0.4 is 0 Å². The molecule has 3 nitrogen and oxygen atoms in total. The van der Waals surface area contributed by atoms with Gasteiger partial charge in [0, 0.05) is 12.8 Å². The van der Waals surface area contributed by atoms with E-state index in [9.17, 15) is 9.59 Å². The lowest BCUT2D eigenvalue weighted by atomic mass is 9.89. The Bertz CT molecular complexity index is 169. The average Bonchev–Trinajstić information content (AvgIpc) is 2.05. The molecule has 4 heteroatoms. The van der Waals surface area contributed by atoms with Crippen LogP contribution >= 0.6 is 23.0 Å². The number of hydrogen-bond donors (Lipinski definition) is 0. The summed E-state index contributed by atoms with van der Waals surface area (Å²) in [5, 5.41) is 0. The summed E-state index contributed by atoms with van der Waals surface area (Å²) in [4.78, 5) is 21.7. The van der Waals surface area contributed by atoms with Gasteiger partial charge in [0.05, 0.1) is 5.92 Å².